The van der Waals surface area contributed by atoms with Gasteiger partial charge in [-0.15, -0.1) is 28.1 Å². The minimum absolute atomic E-state index is 0.0366. The van der Waals surface area contributed by atoms with Crippen LogP contribution in [0.25, 0.3) is 11.6 Å². The molecule has 1 amide bonds. The molecule has 8 heteroatoms. The van der Waals surface area contributed by atoms with Gasteiger partial charge in [0.05, 0.1) is 18.6 Å². The van der Waals surface area contributed by atoms with Crippen LogP contribution < -0.4 is 5.32 Å². The van der Waals surface area contributed by atoms with E-state index in [-0.39, 0.29) is 11.7 Å². The summed E-state index contributed by atoms with van der Waals surface area (Å²) in [6.07, 6.45) is 3.36. The summed E-state index contributed by atoms with van der Waals surface area (Å²) >= 11 is 2.99. The molecule has 3 heterocycles. The molecule has 0 aliphatic heterocycles. The van der Waals surface area contributed by atoms with Crippen molar-refractivity contribution >= 4 is 29.0 Å². The van der Waals surface area contributed by atoms with E-state index < -0.39 is 0 Å². The standard InChI is InChI=1S/C17H18N4O2S2/c1-3-7-21-16(13-5-4-8-23-13)19-20-17(21)25-11-15(22)18-10-14-12(2)6-9-24-14/h3-6,8-9H,1,7,10-11H2,2H3,(H,18,22). The first-order valence-electron chi connectivity index (χ1n) is 7.69. The molecule has 25 heavy (non-hydrogen) atoms. The summed E-state index contributed by atoms with van der Waals surface area (Å²) in [6, 6.07) is 5.68. The third-order valence-corrected chi connectivity index (χ3v) is 5.51. The lowest BCUT2D eigenvalue weighted by Gasteiger charge is -2.07. The van der Waals surface area contributed by atoms with Gasteiger partial charge in [0.25, 0.3) is 0 Å². The molecule has 0 atom stereocenters. The number of nitrogens with one attached hydrogen (secondary N) is 1. The van der Waals surface area contributed by atoms with Gasteiger partial charge in [-0.2, -0.15) is 0 Å². The third kappa shape index (κ3) is 4.21. The van der Waals surface area contributed by atoms with Crippen LogP contribution in [0.15, 0.2) is 52.1 Å². The SMILES string of the molecule is C=CCn1c(SCC(=O)NCc2sccc2C)nnc1-c1ccco1. The van der Waals surface area contributed by atoms with E-state index in [2.05, 4.69) is 28.2 Å². The number of thiophene rings is 1. The molecule has 0 saturated heterocycles. The number of allylic oxidation sites excluding steroid dienone is 1. The lowest BCUT2D eigenvalue weighted by molar-refractivity contribution is -0.118. The van der Waals surface area contributed by atoms with Gasteiger partial charge in [-0.05, 0) is 36.1 Å². The normalized spacial score (nSPS) is 10.8. The van der Waals surface area contributed by atoms with E-state index in [4.69, 9.17) is 4.42 Å². The molecule has 3 aromatic heterocycles. The zero-order valence-electron chi connectivity index (χ0n) is 13.8. The molecule has 1 N–H and O–H groups in total. The monoisotopic (exact) mass is 374 g/mol. The second kappa shape index (κ2) is 8.17. The van der Waals surface area contributed by atoms with Gasteiger partial charge in [0.2, 0.25) is 11.7 Å². The number of hydrogen-bond acceptors (Lipinski definition) is 6. The predicted molar refractivity (Wildman–Crippen MR) is 99.5 cm³/mol. The highest BCUT2D eigenvalue weighted by atomic mass is 32.2. The Hall–Kier alpha value is -2.32. The Morgan fingerprint density at radius 1 is 1.48 bits per heavy atom. The van der Waals surface area contributed by atoms with Gasteiger partial charge >= 0.3 is 0 Å². The number of carbonyl (C=O) groups is 1. The maximum Gasteiger partial charge on any atom is 0.230 e. The van der Waals surface area contributed by atoms with Crippen LogP contribution in [-0.4, -0.2) is 26.4 Å². The van der Waals surface area contributed by atoms with Crippen molar-refractivity contribution in [1.82, 2.24) is 20.1 Å². The quantitative estimate of drug-likeness (QED) is 0.482. The van der Waals surface area contributed by atoms with Crippen LogP contribution in [-0.2, 0) is 17.9 Å². The molecule has 6 nitrogen and oxygen atoms in total. The van der Waals surface area contributed by atoms with Crippen LogP contribution in [0.5, 0.6) is 0 Å². The van der Waals surface area contributed by atoms with Gasteiger partial charge in [0.1, 0.15) is 0 Å². The molecule has 0 aliphatic rings. The molecule has 0 radical (unpaired) electrons. The summed E-state index contributed by atoms with van der Waals surface area (Å²) in [7, 11) is 0. The van der Waals surface area contributed by atoms with Crippen molar-refractivity contribution < 1.29 is 9.21 Å². The Morgan fingerprint density at radius 3 is 3.04 bits per heavy atom. The van der Waals surface area contributed by atoms with Crippen LogP contribution in [0.1, 0.15) is 10.4 Å². The van der Waals surface area contributed by atoms with Crippen LogP contribution in [0.4, 0.5) is 0 Å². The zero-order chi connectivity index (χ0) is 17.6. The number of furan rings is 1. The molecule has 0 saturated carbocycles. The molecule has 0 spiro atoms. The third-order valence-electron chi connectivity index (χ3n) is 3.52. The first kappa shape index (κ1) is 17.5. The van der Waals surface area contributed by atoms with Gasteiger partial charge in [-0.1, -0.05) is 17.8 Å². The molecule has 0 fully saturated rings. The smallest absolute Gasteiger partial charge is 0.230 e. The van der Waals surface area contributed by atoms with E-state index in [9.17, 15) is 4.79 Å². The van der Waals surface area contributed by atoms with E-state index >= 15 is 0 Å². The lowest BCUT2D eigenvalue weighted by Crippen LogP contribution is -2.24. The Balaban J connectivity index is 1.61. The summed E-state index contributed by atoms with van der Waals surface area (Å²) in [5.74, 6) is 1.50. The largest absolute Gasteiger partial charge is 0.461 e. The minimum Gasteiger partial charge on any atom is -0.461 e. The van der Waals surface area contributed by atoms with Crippen molar-refractivity contribution in [1.29, 1.82) is 0 Å². The van der Waals surface area contributed by atoms with E-state index in [1.165, 1.54) is 22.2 Å². The predicted octanol–water partition coefficient (Wildman–Crippen LogP) is 3.50. The Labute approximate surface area is 154 Å². The first-order chi connectivity index (χ1) is 12.2. The fraction of sp³-hybridized carbons (Fsp3) is 0.235. The highest BCUT2D eigenvalue weighted by Gasteiger charge is 2.16. The Bertz CT molecular complexity index is 852. The van der Waals surface area contributed by atoms with Gasteiger partial charge in [-0.25, -0.2) is 0 Å². The molecule has 3 rings (SSSR count). The molecule has 3 aromatic rings. The number of carbonyl (C=O) groups excluding carboxylic acids is 1. The van der Waals surface area contributed by atoms with Crippen molar-refractivity contribution in [3.05, 3.63) is 52.9 Å². The van der Waals surface area contributed by atoms with E-state index in [0.29, 0.717) is 29.8 Å². The highest BCUT2D eigenvalue weighted by molar-refractivity contribution is 7.99. The topological polar surface area (TPSA) is 73.0 Å². The number of thioether (sulfide) groups is 1. The maximum absolute atomic E-state index is 12.1. The first-order valence-corrected chi connectivity index (χ1v) is 9.56. The van der Waals surface area contributed by atoms with Crippen molar-refractivity contribution in [3.63, 3.8) is 0 Å². The average Bonchev–Trinajstić information content (AvgIpc) is 3.33. The molecule has 0 bridgehead atoms. The maximum atomic E-state index is 12.1. The van der Waals surface area contributed by atoms with Crippen molar-refractivity contribution in [3.8, 4) is 11.6 Å². The van der Waals surface area contributed by atoms with Gasteiger partial charge in [-0.3, -0.25) is 9.36 Å². The van der Waals surface area contributed by atoms with Gasteiger partial charge < -0.3 is 9.73 Å². The zero-order valence-corrected chi connectivity index (χ0v) is 15.4. The van der Waals surface area contributed by atoms with E-state index in [1.54, 1.807) is 29.7 Å². The van der Waals surface area contributed by atoms with Gasteiger partial charge in [0, 0.05) is 11.4 Å². The van der Waals surface area contributed by atoms with E-state index in [1.807, 2.05) is 22.9 Å². The van der Waals surface area contributed by atoms with Crippen molar-refractivity contribution in [2.24, 2.45) is 0 Å². The number of hydrogen-bond donors (Lipinski definition) is 1. The second-order valence-corrected chi connectivity index (χ2v) is 7.22. The number of aryl methyl sites for hydroxylation is 1. The van der Waals surface area contributed by atoms with E-state index in [0.717, 1.165) is 0 Å². The lowest BCUT2D eigenvalue weighted by atomic mass is 10.3. The summed E-state index contributed by atoms with van der Waals surface area (Å²) in [6.45, 7) is 6.91. The number of rotatable bonds is 8. The molecule has 0 aromatic carbocycles. The van der Waals surface area contributed by atoms with Crippen LogP contribution >= 0.6 is 23.1 Å². The minimum atomic E-state index is -0.0366. The fourth-order valence-corrected chi connectivity index (χ4v) is 3.85. The molecule has 0 aliphatic carbocycles. The number of amides is 1. The van der Waals surface area contributed by atoms with Crippen LogP contribution in [0.3, 0.4) is 0 Å². The molecular weight excluding hydrogens is 356 g/mol. The van der Waals surface area contributed by atoms with Crippen LogP contribution in [0, 0.1) is 6.92 Å². The summed E-state index contributed by atoms with van der Waals surface area (Å²) in [5.41, 5.74) is 1.20. The summed E-state index contributed by atoms with van der Waals surface area (Å²) in [4.78, 5) is 13.3. The highest BCUT2D eigenvalue weighted by Crippen LogP contribution is 2.24. The van der Waals surface area contributed by atoms with Crippen molar-refractivity contribution in [2.45, 2.75) is 25.2 Å². The molecular formula is C17H18N4O2S2. The van der Waals surface area contributed by atoms with Gasteiger partial charge in [0.15, 0.2) is 10.9 Å². The number of nitrogens with zero attached hydrogens (tertiary/aromatic N) is 3. The summed E-state index contributed by atoms with van der Waals surface area (Å²) < 4.78 is 7.27. The number of aromatic nitrogens is 3. The Morgan fingerprint density at radius 2 is 2.36 bits per heavy atom. The second-order valence-electron chi connectivity index (χ2n) is 5.27. The van der Waals surface area contributed by atoms with Crippen LogP contribution in [0.2, 0.25) is 0 Å². The fourth-order valence-electron chi connectivity index (χ4n) is 2.22. The molecule has 0 unspecified atom stereocenters. The summed E-state index contributed by atoms with van der Waals surface area (Å²) in [5, 5.41) is 14.0. The average molecular weight is 374 g/mol. The Kier molecular flexibility index (Phi) is 5.72. The molecule has 130 valence electrons. The van der Waals surface area contributed by atoms with Crippen molar-refractivity contribution in [2.75, 3.05) is 5.75 Å².